The van der Waals surface area contributed by atoms with E-state index in [-0.39, 0.29) is 11.9 Å². The summed E-state index contributed by atoms with van der Waals surface area (Å²) in [7, 11) is 0. The minimum Gasteiger partial charge on any atom is -0.341 e. The van der Waals surface area contributed by atoms with Crippen LogP contribution in [0.15, 0.2) is 29.1 Å². The topological polar surface area (TPSA) is 96.6 Å². The first-order chi connectivity index (χ1) is 14.4. The molecular formula is C19H24ClN7O3. The molecule has 10 nitrogen and oxygen atoms in total. The van der Waals surface area contributed by atoms with Gasteiger partial charge in [-0.05, 0) is 48.0 Å². The first-order valence-corrected chi connectivity index (χ1v) is 10.4. The van der Waals surface area contributed by atoms with Crippen LogP contribution in [0.2, 0.25) is 5.02 Å². The molecule has 0 radical (unpaired) electrons. The summed E-state index contributed by atoms with van der Waals surface area (Å²) in [6.07, 6.45) is 1.57. The van der Waals surface area contributed by atoms with Crippen LogP contribution < -0.4 is 5.69 Å². The van der Waals surface area contributed by atoms with Crippen LogP contribution in [0, 0.1) is 0 Å². The van der Waals surface area contributed by atoms with Crippen molar-refractivity contribution in [2.45, 2.75) is 25.8 Å². The number of likely N-dealkylation sites (tertiary alicyclic amines) is 1. The van der Waals surface area contributed by atoms with Gasteiger partial charge in [0.05, 0.1) is 5.69 Å². The van der Waals surface area contributed by atoms with Crippen molar-refractivity contribution in [1.29, 1.82) is 0 Å². The van der Waals surface area contributed by atoms with Gasteiger partial charge >= 0.3 is 11.7 Å². The molecule has 1 unspecified atom stereocenters. The van der Waals surface area contributed by atoms with E-state index in [1.807, 2.05) is 4.90 Å². The van der Waals surface area contributed by atoms with Crippen LogP contribution in [0.1, 0.15) is 19.8 Å². The van der Waals surface area contributed by atoms with E-state index in [2.05, 4.69) is 22.3 Å². The molecule has 2 aliphatic heterocycles. The number of hydrogen-bond acceptors (Lipinski definition) is 6. The van der Waals surface area contributed by atoms with Gasteiger partial charge in [0.2, 0.25) is 5.91 Å². The van der Waals surface area contributed by atoms with Crippen LogP contribution in [0.25, 0.3) is 5.69 Å². The predicted octanol–water partition coefficient (Wildman–Crippen LogP) is 0.679. The summed E-state index contributed by atoms with van der Waals surface area (Å²) in [5.74, 6) is 0.221. The van der Waals surface area contributed by atoms with Crippen molar-refractivity contribution < 1.29 is 9.59 Å². The van der Waals surface area contributed by atoms with Crippen molar-refractivity contribution >= 4 is 23.5 Å². The highest BCUT2D eigenvalue weighted by Gasteiger charge is 2.29. The van der Waals surface area contributed by atoms with Gasteiger partial charge in [-0.2, -0.15) is 4.68 Å². The molecule has 1 atom stereocenters. The molecule has 1 aromatic carbocycles. The molecule has 0 saturated carbocycles. The molecule has 0 bridgehead atoms. The van der Waals surface area contributed by atoms with Crippen LogP contribution in [0.5, 0.6) is 0 Å². The van der Waals surface area contributed by atoms with Crippen molar-refractivity contribution in [3.05, 3.63) is 39.8 Å². The van der Waals surface area contributed by atoms with Gasteiger partial charge in [-0.1, -0.05) is 11.6 Å². The number of halogens is 1. The number of piperazine rings is 1. The maximum atomic E-state index is 12.8. The van der Waals surface area contributed by atoms with E-state index in [1.165, 1.54) is 0 Å². The SMILES string of the molecule is CC(CN1CCCC1=O)N1CCN(C(=O)n2nnn(-c3ccc(Cl)cc3)c2=O)CC1. The Labute approximate surface area is 178 Å². The third-order valence-corrected chi connectivity index (χ3v) is 5.95. The Morgan fingerprint density at radius 3 is 2.40 bits per heavy atom. The van der Waals surface area contributed by atoms with Gasteiger partial charge in [0, 0.05) is 56.8 Å². The molecule has 2 saturated heterocycles. The Morgan fingerprint density at radius 1 is 1.07 bits per heavy atom. The maximum Gasteiger partial charge on any atom is 0.377 e. The molecule has 0 spiro atoms. The number of hydrogen-bond donors (Lipinski definition) is 0. The lowest BCUT2D eigenvalue weighted by Gasteiger charge is -2.38. The smallest absolute Gasteiger partial charge is 0.341 e. The fourth-order valence-corrected chi connectivity index (χ4v) is 4.06. The Kier molecular flexibility index (Phi) is 5.87. The number of nitrogens with zero attached hydrogens (tertiary/aromatic N) is 7. The molecule has 2 aliphatic rings. The summed E-state index contributed by atoms with van der Waals surface area (Å²) in [5.41, 5.74) is -0.135. The fraction of sp³-hybridized carbons (Fsp3) is 0.526. The number of carbonyl (C=O) groups excluding carboxylic acids is 2. The average molecular weight is 434 g/mol. The zero-order valence-electron chi connectivity index (χ0n) is 16.8. The molecule has 1 aromatic heterocycles. The standard InChI is InChI=1S/C19H24ClN7O3/c1-14(13-25-8-2-3-17(25)28)23-9-11-24(12-10-23)18(29)27-19(30)26(21-22-27)16-6-4-15(20)5-7-16/h4-7,14H,2-3,8-13H2,1H3. The molecule has 2 fully saturated rings. The van der Waals surface area contributed by atoms with Crippen LogP contribution in [-0.2, 0) is 4.79 Å². The Balaban J connectivity index is 1.37. The monoisotopic (exact) mass is 433 g/mol. The van der Waals surface area contributed by atoms with Crippen LogP contribution in [0.3, 0.4) is 0 Å². The van der Waals surface area contributed by atoms with Gasteiger partial charge in [0.15, 0.2) is 0 Å². The lowest BCUT2D eigenvalue weighted by atomic mass is 10.2. The molecule has 2 aromatic rings. The zero-order chi connectivity index (χ0) is 21.3. The van der Waals surface area contributed by atoms with Gasteiger partial charge < -0.3 is 9.80 Å². The number of amides is 2. The van der Waals surface area contributed by atoms with E-state index in [4.69, 9.17) is 11.6 Å². The lowest BCUT2D eigenvalue weighted by molar-refractivity contribution is -0.128. The molecule has 30 heavy (non-hydrogen) atoms. The van der Waals surface area contributed by atoms with E-state index >= 15 is 0 Å². The van der Waals surface area contributed by atoms with Crippen molar-refractivity contribution in [2.75, 3.05) is 39.3 Å². The fourth-order valence-electron chi connectivity index (χ4n) is 3.93. The molecule has 11 heteroatoms. The van der Waals surface area contributed by atoms with Crippen molar-refractivity contribution in [3.8, 4) is 5.69 Å². The second-order valence-corrected chi connectivity index (χ2v) is 8.10. The van der Waals surface area contributed by atoms with Crippen molar-refractivity contribution in [3.63, 3.8) is 0 Å². The second kappa shape index (κ2) is 8.57. The summed E-state index contributed by atoms with van der Waals surface area (Å²) >= 11 is 5.87. The summed E-state index contributed by atoms with van der Waals surface area (Å²) < 4.78 is 1.86. The van der Waals surface area contributed by atoms with Gasteiger partial charge in [-0.3, -0.25) is 9.69 Å². The summed E-state index contributed by atoms with van der Waals surface area (Å²) in [6.45, 7) is 5.96. The molecule has 160 valence electrons. The maximum absolute atomic E-state index is 12.8. The van der Waals surface area contributed by atoms with Gasteiger partial charge in [0.1, 0.15) is 0 Å². The van der Waals surface area contributed by atoms with Gasteiger partial charge in [0.25, 0.3) is 0 Å². The average Bonchev–Trinajstić information content (AvgIpc) is 3.33. The van der Waals surface area contributed by atoms with Crippen LogP contribution >= 0.6 is 11.6 Å². The molecule has 0 N–H and O–H groups in total. The molecular weight excluding hydrogens is 410 g/mol. The first kappa shape index (κ1) is 20.5. The van der Waals surface area contributed by atoms with Crippen LogP contribution in [0.4, 0.5) is 4.79 Å². The summed E-state index contributed by atoms with van der Waals surface area (Å²) in [4.78, 5) is 43.0. The number of rotatable bonds is 4. The Bertz CT molecular complexity index is 979. The second-order valence-electron chi connectivity index (χ2n) is 7.66. The molecule has 0 aliphatic carbocycles. The van der Waals surface area contributed by atoms with Crippen molar-refractivity contribution in [2.24, 2.45) is 0 Å². The lowest BCUT2D eigenvalue weighted by Crippen LogP contribution is -2.55. The van der Waals surface area contributed by atoms with E-state index < -0.39 is 11.7 Å². The third kappa shape index (κ3) is 4.10. The number of aromatic nitrogens is 4. The van der Waals surface area contributed by atoms with Gasteiger partial charge in [-0.25, -0.2) is 9.59 Å². The minimum absolute atomic E-state index is 0.220. The summed E-state index contributed by atoms with van der Waals surface area (Å²) in [6, 6.07) is 6.29. The Morgan fingerprint density at radius 2 is 1.77 bits per heavy atom. The van der Waals surface area contributed by atoms with Crippen molar-refractivity contribution in [1.82, 2.24) is 34.5 Å². The minimum atomic E-state index is -0.620. The Hall–Kier alpha value is -2.72. The predicted molar refractivity (Wildman–Crippen MR) is 110 cm³/mol. The highest BCUT2D eigenvalue weighted by atomic mass is 35.5. The summed E-state index contributed by atoms with van der Waals surface area (Å²) in [5, 5.41) is 8.11. The quantitative estimate of drug-likeness (QED) is 0.658. The highest BCUT2D eigenvalue weighted by Crippen LogP contribution is 2.14. The largest absolute Gasteiger partial charge is 0.377 e. The van der Waals surface area contributed by atoms with E-state index in [9.17, 15) is 14.4 Å². The zero-order valence-corrected chi connectivity index (χ0v) is 17.5. The number of benzene rings is 1. The van der Waals surface area contributed by atoms with E-state index in [1.54, 1.807) is 29.2 Å². The normalized spacial score (nSPS) is 18.8. The van der Waals surface area contributed by atoms with E-state index in [0.29, 0.717) is 49.9 Å². The number of carbonyl (C=O) groups is 2. The highest BCUT2D eigenvalue weighted by molar-refractivity contribution is 6.30. The molecule has 3 heterocycles. The molecule has 2 amide bonds. The van der Waals surface area contributed by atoms with Crippen LogP contribution in [-0.4, -0.2) is 91.7 Å². The first-order valence-electron chi connectivity index (χ1n) is 10.1. The number of tetrazole rings is 1. The molecule has 4 rings (SSSR count). The third-order valence-electron chi connectivity index (χ3n) is 5.70. The van der Waals surface area contributed by atoms with Gasteiger partial charge in [-0.15, -0.1) is 4.68 Å². The van der Waals surface area contributed by atoms with E-state index in [0.717, 1.165) is 22.3 Å².